The minimum absolute atomic E-state index is 0.507. The zero-order chi connectivity index (χ0) is 29.8. The summed E-state index contributed by atoms with van der Waals surface area (Å²) in [6, 6.07) is 38.0. The van der Waals surface area contributed by atoms with Gasteiger partial charge in [0.2, 0.25) is 11.8 Å². The Morgan fingerprint density at radius 2 is 0.907 bits per heavy atom. The van der Waals surface area contributed by atoms with Crippen molar-refractivity contribution in [1.29, 1.82) is 0 Å². The standard InChI is InChI=1S/C40H34N2O/c1-27-13-15-34(16-14-27)39-41-42-40(43-39)35-21-19-33(20-22-35)38-26-36(23-17-31-11-7-5-9-28(31)2)30(4)25-37(38)24-18-32-12-8-6-10-29(32)3/h5-26H,1-4H3/b23-17+,24-18+. The smallest absolute Gasteiger partial charge is 0.248 e. The highest BCUT2D eigenvalue weighted by atomic mass is 16.4. The molecule has 1 heterocycles. The quantitative estimate of drug-likeness (QED) is 0.183. The van der Waals surface area contributed by atoms with Gasteiger partial charge in [-0.1, -0.05) is 109 Å². The van der Waals surface area contributed by atoms with Gasteiger partial charge in [-0.2, -0.15) is 0 Å². The summed E-state index contributed by atoms with van der Waals surface area (Å²) in [7, 11) is 0. The van der Waals surface area contributed by atoms with Crippen LogP contribution in [0.3, 0.4) is 0 Å². The number of rotatable bonds is 7. The Bertz CT molecular complexity index is 1940. The summed E-state index contributed by atoms with van der Waals surface area (Å²) in [5, 5.41) is 8.61. The van der Waals surface area contributed by atoms with Gasteiger partial charge in [-0.05, 0) is 108 Å². The third-order valence-corrected chi connectivity index (χ3v) is 7.87. The normalized spacial score (nSPS) is 11.5. The third kappa shape index (κ3) is 6.32. The summed E-state index contributed by atoms with van der Waals surface area (Å²) in [5.74, 6) is 1.03. The molecule has 43 heavy (non-hydrogen) atoms. The molecular weight excluding hydrogens is 524 g/mol. The van der Waals surface area contributed by atoms with E-state index in [4.69, 9.17) is 4.42 Å². The van der Waals surface area contributed by atoms with Crippen LogP contribution in [0.2, 0.25) is 0 Å². The second-order valence-electron chi connectivity index (χ2n) is 11.0. The lowest BCUT2D eigenvalue weighted by atomic mass is 9.92. The molecule has 0 saturated heterocycles. The zero-order valence-corrected chi connectivity index (χ0v) is 25.0. The molecule has 0 bridgehead atoms. The Balaban J connectivity index is 1.37. The van der Waals surface area contributed by atoms with E-state index in [1.165, 1.54) is 44.5 Å². The Morgan fingerprint density at radius 3 is 1.47 bits per heavy atom. The molecule has 0 saturated carbocycles. The molecule has 1 aromatic heterocycles. The number of benzene rings is 5. The first kappa shape index (κ1) is 27.9. The van der Waals surface area contributed by atoms with Crippen molar-refractivity contribution < 1.29 is 4.42 Å². The first-order chi connectivity index (χ1) is 20.9. The van der Waals surface area contributed by atoms with Crippen molar-refractivity contribution in [2.45, 2.75) is 27.7 Å². The second kappa shape index (κ2) is 12.3. The highest BCUT2D eigenvalue weighted by molar-refractivity contribution is 5.85. The van der Waals surface area contributed by atoms with Crippen molar-refractivity contribution in [1.82, 2.24) is 10.2 Å². The molecule has 6 rings (SSSR count). The fourth-order valence-electron chi connectivity index (χ4n) is 5.17. The topological polar surface area (TPSA) is 38.9 Å². The largest absolute Gasteiger partial charge is 0.416 e. The van der Waals surface area contributed by atoms with Gasteiger partial charge >= 0.3 is 0 Å². The summed E-state index contributed by atoms with van der Waals surface area (Å²) < 4.78 is 6.04. The van der Waals surface area contributed by atoms with Gasteiger partial charge in [-0.15, -0.1) is 10.2 Å². The van der Waals surface area contributed by atoms with E-state index in [1.54, 1.807) is 0 Å². The number of hydrogen-bond acceptors (Lipinski definition) is 3. The van der Waals surface area contributed by atoms with Crippen molar-refractivity contribution in [3.05, 3.63) is 154 Å². The number of nitrogens with zero attached hydrogens (tertiary/aromatic N) is 2. The van der Waals surface area contributed by atoms with Crippen molar-refractivity contribution in [2.24, 2.45) is 0 Å². The maximum Gasteiger partial charge on any atom is 0.248 e. The van der Waals surface area contributed by atoms with Crippen LogP contribution in [0.4, 0.5) is 0 Å². The number of aromatic nitrogens is 2. The average molecular weight is 559 g/mol. The molecule has 0 N–H and O–H groups in total. The van der Waals surface area contributed by atoms with Gasteiger partial charge in [0, 0.05) is 11.1 Å². The predicted molar refractivity (Wildman–Crippen MR) is 180 cm³/mol. The molecule has 0 aliphatic rings. The Kier molecular flexibility index (Phi) is 7.97. The fourth-order valence-corrected chi connectivity index (χ4v) is 5.17. The van der Waals surface area contributed by atoms with Crippen LogP contribution in [0.1, 0.15) is 44.5 Å². The zero-order valence-electron chi connectivity index (χ0n) is 25.0. The molecule has 0 amide bonds. The van der Waals surface area contributed by atoms with Crippen molar-refractivity contribution >= 4 is 24.3 Å². The molecule has 3 nitrogen and oxygen atoms in total. The summed E-state index contributed by atoms with van der Waals surface area (Å²) in [6.45, 7) is 8.53. The van der Waals surface area contributed by atoms with E-state index in [-0.39, 0.29) is 0 Å². The molecule has 5 aromatic carbocycles. The summed E-state index contributed by atoms with van der Waals surface area (Å²) in [5.41, 5.74) is 13.8. The van der Waals surface area contributed by atoms with E-state index in [1.807, 2.05) is 24.3 Å². The SMILES string of the molecule is Cc1ccc(-c2nnc(-c3ccc(-c4cc(/C=C/c5ccccc5C)c(C)cc4/C=C/c4ccccc4C)cc3)o2)cc1. The highest BCUT2D eigenvalue weighted by Gasteiger charge is 2.12. The summed E-state index contributed by atoms with van der Waals surface area (Å²) in [6.07, 6.45) is 8.85. The minimum Gasteiger partial charge on any atom is -0.416 e. The lowest BCUT2D eigenvalue weighted by molar-refractivity contribution is 0.584. The second-order valence-corrected chi connectivity index (χ2v) is 11.0. The molecular formula is C40H34N2O. The summed E-state index contributed by atoms with van der Waals surface area (Å²) >= 11 is 0. The monoisotopic (exact) mass is 558 g/mol. The first-order valence-electron chi connectivity index (χ1n) is 14.6. The van der Waals surface area contributed by atoms with E-state index in [0.717, 1.165) is 22.3 Å². The maximum absolute atomic E-state index is 6.04. The number of aryl methyl sites for hydroxylation is 4. The van der Waals surface area contributed by atoms with Crippen molar-refractivity contribution in [2.75, 3.05) is 0 Å². The van der Waals surface area contributed by atoms with Crippen LogP contribution in [0.5, 0.6) is 0 Å². The van der Waals surface area contributed by atoms with Crippen LogP contribution in [-0.2, 0) is 0 Å². The van der Waals surface area contributed by atoms with Gasteiger partial charge in [0.1, 0.15) is 0 Å². The summed E-state index contributed by atoms with van der Waals surface area (Å²) in [4.78, 5) is 0. The fraction of sp³-hybridized carbons (Fsp3) is 0.100. The van der Waals surface area contributed by atoms with Crippen LogP contribution >= 0.6 is 0 Å². The molecule has 0 aliphatic heterocycles. The van der Waals surface area contributed by atoms with Gasteiger partial charge in [-0.3, -0.25) is 0 Å². The van der Waals surface area contributed by atoms with Crippen LogP contribution in [0.25, 0.3) is 58.3 Å². The average Bonchev–Trinajstić information content (AvgIpc) is 3.52. The molecule has 0 radical (unpaired) electrons. The van der Waals surface area contributed by atoms with Crippen LogP contribution in [-0.4, -0.2) is 10.2 Å². The van der Waals surface area contributed by atoms with Gasteiger partial charge in [0.25, 0.3) is 0 Å². The predicted octanol–water partition coefficient (Wildman–Crippen LogP) is 10.6. The van der Waals surface area contributed by atoms with E-state index >= 15 is 0 Å². The van der Waals surface area contributed by atoms with Crippen LogP contribution in [0, 0.1) is 27.7 Å². The van der Waals surface area contributed by atoms with Gasteiger partial charge < -0.3 is 4.42 Å². The molecule has 0 aliphatic carbocycles. The minimum atomic E-state index is 0.507. The molecule has 0 spiro atoms. The Hall–Kier alpha value is -5.28. The molecule has 0 atom stereocenters. The van der Waals surface area contributed by atoms with E-state index in [2.05, 4.69) is 147 Å². The van der Waals surface area contributed by atoms with Gasteiger partial charge in [0.05, 0.1) is 0 Å². The lowest BCUT2D eigenvalue weighted by Crippen LogP contribution is -1.90. The Labute approximate surface area is 253 Å². The molecule has 3 heteroatoms. The maximum atomic E-state index is 6.04. The van der Waals surface area contributed by atoms with Crippen molar-refractivity contribution in [3.8, 4) is 34.0 Å². The van der Waals surface area contributed by atoms with Gasteiger partial charge in [-0.25, -0.2) is 0 Å². The highest BCUT2D eigenvalue weighted by Crippen LogP contribution is 2.32. The third-order valence-electron chi connectivity index (χ3n) is 7.87. The van der Waals surface area contributed by atoms with Crippen molar-refractivity contribution in [3.63, 3.8) is 0 Å². The van der Waals surface area contributed by atoms with E-state index in [0.29, 0.717) is 11.8 Å². The van der Waals surface area contributed by atoms with E-state index in [9.17, 15) is 0 Å². The lowest BCUT2D eigenvalue weighted by Gasteiger charge is -2.12. The van der Waals surface area contributed by atoms with Crippen LogP contribution < -0.4 is 0 Å². The molecule has 6 aromatic rings. The Morgan fingerprint density at radius 1 is 0.442 bits per heavy atom. The number of hydrogen-bond donors (Lipinski definition) is 0. The van der Waals surface area contributed by atoms with Gasteiger partial charge in [0.15, 0.2) is 0 Å². The van der Waals surface area contributed by atoms with Crippen LogP contribution in [0.15, 0.2) is 114 Å². The molecule has 210 valence electrons. The first-order valence-corrected chi connectivity index (χ1v) is 14.6. The molecule has 0 fully saturated rings. The molecule has 0 unspecified atom stereocenters. The van der Waals surface area contributed by atoms with E-state index < -0.39 is 0 Å².